The molecule has 2 rings (SSSR count). The van der Waals surface area contributed by atoms with Gasteiger partial charge in [0.1, 0.15) is 0 Å². The van der Waals surface area contributed by atoms with Gasteiger partial charge in [0.25, 0.3) is 0 Å². The average molecular weight is 313 g/mol. The third-order valence-electron chi connectivity index (χ3n) is 3.35. The molecule has 0 radical (unpaired) electrons. The first-order chi connectivity index (χ1) is 9.67. The third kappa shape index (κ3) is 3.40. The summed E-state index contributed by atoms with van der Waals surface area (Å²) in [7, 11) is 1.96. The first kappa shape index (κ1) is 15.5. The summed E-state index contributed by atoms with van der Waals surface area (Å²) in [5.74, 6) is 0. The van der Waals surface area contributed by atoms with Crippen molar-refractivity contribution in [3.8, 4) is 0 Å². The second kappa shape index (κ2) is 7.20. The molecule has 20 heavy (non-hydrogen) atoms. The summed E-state index contributed by atoms with van der Waals surface area (Å²) in [6, 6.07) is 0.193. The van der Waals surface area contributed by atoms with Gasteiger partial charge in [-0.2, -0.15) is 5.10 Å². The average Bonchev–Trinajstić information content (AvgIpc) is 3.05. The van der Waals surface area contributed by atoms with E-state index >= 15 is 0 Å². The van der Waals surface area contributed by atoms with Crippen LogP contribution >= 0.6 is 22.9 Å². The van der Waals surface area contributed by atoms with Crippen LogP contribution in [0.2, 0.25) is 5.02 Å². The molecule has 0 saturated carbocycles. The number of halogens is 1. The molecular weight excluding hydrogens is 292 g/mol. The van der Waals surface area contributed by atoms with Gasteiger partial charge in [0.05, 0.1) is 33.7 Å². The van der Waals surface area contributed by atoms with E-state index in [0.29, 0.717) is 0 Å². The van der Waals surface area contributed by atoms with Crippen molar-refractivity contribution < 1.29 is 0 Å². The fraction of sp³-hybridized carbons (Fsp3) is 0.571. The molecule has 0 aliphatic carbocycles. The Morgan fingerprint density at radius 1 is 1.45 bits per heavy atom. The lowest BCUT2D eigenvalue weighted by atomic mass is 10.1. The van der Waals surface area contributed by atoms with E-state index in [4.69, 9.17) is 11.6 Å². The molecule has 0 aliphatic rings. The molecule has 0 aromatic carbocycles. The predicted octanol–water partition coefficient (Wildman–Crippen LogP) is 3.38. The maximum Gasteiger partial charge on any atom is 0.0850 e. The molecule has 6 heteroatoms. The van der Waals surface area contributed by atoms with E-state index in [1.165, 1.54) is 0 Å². The van der Waals surface area contributed by atoms with E-state index in [-0.39, 0.29) is 6.04 Å². The van der Waals surface area contributed by atoms with Gasteiger partial charge in [-0.3, -0.25) is 4.68 Å². The van der Waals surface area contributed by atoms with Crippen LogP contribution in [-0.2, 0) is 19.9 Å². The standard InChI is InChI=1S/C14H21ClN4S/c1-4-6-16-11(12-8-20-9-17-12)7-13-14(15)10(5-2)18-19(13)3/h8-9,11,16H,4-7H2,1-3H3. The molecule has 1 atom stereocenters. The fourth-order valence-corrected chi connectivity index (χ4v) is 3.21. The number of nitrogens with one attached hydrogen (secondary N) is 1. The monoisotopic (exact) mass is 312 g/mol. The highest BCUT2D eigenvalue weighted by Crippen LogP contribution is 2.26. The molecule has 1 N–H and O–H groups in total. The number of hydrogen-bond donors (Lipinski definition) is 1. The third-order valence-corrected chi connectivity index (χ3v) is 4.39. The maximum absolute atomic E-state index is 6.44. The number of aromatic nitrogens is 3. The van der Waals surface area contributed by atoms with Crippen molar-refractivity contribution >= 4 is 22.9 Å². The second-order valence-electron chi connectivity index (χ2n) is 4.81. The SMILES string of the molecule is CCCNC(Cc1c(Cl)c(CC)nn1C)c1cscn1. The summed E-state index contributed by atoms with van der Waals surface area (Å²) in [4.78, 5) is 4.44. The van der Waals surface area contributed by atoms with Gasteiger partial charge in [0.2, 0.25) is 0 Å². The molecule has 0 amide bonds. The zero-order chi connectivity index (χ0) is 14.5. The smallest absolute Gasteiger partial charge is 0.0850 e. The summed E-state index contributed by atoms with van der Waals surface area (Å²) in [5.41, 5.74) is 5.00. The molecule has 0 fully saturated rings. The molecule has 2 heterocycles. The largest absolute Gasteiger partial charge is 0.308 e. The first-order valence-electron chi connectivity index (χ1n) is 6.99. The highest BCUT2D eigenvalue weighted by Gasteiger charge is 2.20. The van der Waals surface area contributed by atoms with Gasteiger partial charge in [0.15, 0.2) is 0 Å². The van der Waals surface area contributed by atoms with Gasteiger partial charge >= 0.3 is 0 Å². The fourth-order valence-electron chi connectivity index (χ4n) is 2.23. The van der Waals surface area contributed by atoms with Gasteiger partial charge in [-0.15, -0.1) is 11.3 Å². The van der Waals surface area contributed by atoms with Crippen molar-refractivity contribution in [3.05, 3.63) is 33.0 Å². The quantitative estimate of drug-likeness (QED) is 0.852. The molecule has 4 nitrogen and oxygen atoms in total. The summed E-state index contributed by atoms with van der Waals surface area (Å²) >= 11 is 8.06. The molecule has 0 bridgehead atoms. The molecule has 0 spiro atoms. The van der Waals surface area contributed by atoms with Crippen molar-refractivity contribution in [3.63, 3.8) is 0 Å². The minimum Gasteiger partial charge on any atom is -0.308 e. The highest BCUT2D eigenvalue weighted by molar-refractivity contribution is 7.07. The number of hydrogen-bond acceptors (Lipinski definition) is 4. The lowest BCUT2D eigenvalue weighted by Gasteiger charge is -2.17. The maximum atomic E-state index is 6.44. The number of nitrogens with zero attached hydrogens (tertiary/aromatic N) is 3. The number of thiazole rings is 1. The Morgan fingerprint density at radius 2 is 2.25 bits per heavy atom. The lowest BCUT2D eigenvalue weighted by molar-refractivity contribution is 0.504. The molecule has 0 aliphatic heterocycles. The minimum atomic E-state index is 0.193. The van der Waals surface area contributed by atoms with E-state index in [9.17, 15) is 0 Å². The summed E-state index contributed by atoms with van der Waals surface area (Å²) in [6.45, 7) is 5.21. The van der Waals surface area contributed by atoms with Crippen LogP contribution in [0.1, 0.15) is 43.4 Å². The predicted molar refractivity (Wildman–Crippen MR) is 84.4 cm³/mol. The molecular formula is C14H21ClN4S. The number of rotatable bonds is 7. The van der Waals surface area contributed by atoms with E-state index < -0.39 is 0 Å². The van der Waals surface area contributed by atoms with Crippen molar-refractivity contribution in [2.75, 3.05) is 6.54 Å². The Hall–Kier alpha value is -0.910. The first-order valence-corrected chi connectivity index (χ1v) is 8.31. The minimum absolute atomic E-state index is 0.193. The Labute approximate surface area is 129 Å². The Kier molecular flexibility index (Phi) is 5.57. The van der Waals surface area contributed by atoms with Gasteiger partial charge in [-0.05, 0) is 19.4 Å². The zero-order valence-corrected chi connectivity index (χ0v) is 13.8. The van der Waals surface area contributed by atoms with Crippen LogP contribution in [0.15, 0.2) is 10.9 Å². The lowest BCUT2D eigenvalue weighted by Crippen LogP contribution is -2.25. The normalized spacial score (nSPS) is 12.8. The van der Waals surface area contributed by atoms with E-state index in [2.05, 4.69) is 34.6 Å². The van der Waals surface area contributed by atoms with Crippen molar-refractivity contribution in [2.24, 2.45) is 7.05 Å². The van der Waals surface area contributed by atoms with Crippen LogP contribution in [0.25, 0.3) is 0 Å². The van der Waals surface area contributed by atoms with Crippen LogP contribution in [0.4, 0.5) is 0 Å². The van der Waals surface area contributed by atoms with Gasteiger partial charge in [-0.1, -0.05) is 25.4 Å². The van der Waals surface area contributed by atoms with Gasteiger partial charge in [-0.25, -0.2) is 4.98 Å². The van der Waals surface area contributed by atoms with Gasteiger partial charge in [0, 0.05) is 18.8 Å². The van der Waals surface area contributed by atoms with Crippen LogP contribution in [0.3, 0.4) is 0 Å². The Bertz CT molecular complexity index is 536. The van der Waals surface area contributed by atoms with E-state index in [0.717, 1.165) is 47.9 Å². The Morgan fingerprint density at radius 3 is 2.80 bits per heavy atom. The van der Waals surface area contributed by atoms with Gasteiger partial charge < -0.3 is 5.32 Å². The molecule has 2 aromatic rings. The molecule has 0 saturated heterocycles. The summed E-state index contributed by atoms with van der Waals surface area (Å²) in [6.07, 6.45) is 2.77. The number of aryl methyl sites for hydroxylation is 2. The summed E-state index contributed by atoms with van der Waals surface area (Å²) in [5, 5.41) is 10.9. The van der Waals surface area contributed by atoms with Crippen LogP contribution < -0.4 is 5.32 Å². The topological polar surface area (TPSA) is 42.7 Å². The second-order valence-corrected chi connectivity index (χ2v) is 5.91. The van der Waals surface area contributed by atoms with E-state index in [1.807, 2.05) is 17.2 Å². The van der Waals surface area contributed by atoms with Crippen molar-refractivity contribution in [1.29, 1.82) is 0 Å². The van der Waals surface area contributed by atoms with Crippen molar-refractivity contribution in [1.82, 2.24) is 20.1 Å². The van der Waals surface area contributed by atoms with Crippen LogP contribution in [0.5, 0.6) is 0 Å². The molecule has 110 valence electrons. The van der Waals surface area contributed by atoms with Crippen molar-refractivity contribution in [2.45, 2.75) is 39.2 Å². The Balaban J connectivity index is 2.21. The summed E-state index contributed by atoms with van der Waals surface area (Å²) < 4.78 is 1.90. The van der Waals surface area contributed by atoms with Crippen LogP contribution in [0, 0.1) is 0 Å². The zero-order valence-electron chi connectivity index (χ0n) is 12.2. The highest BCUT2D eigenvalue weighted by atomic mass is 35.5. The van der Waals surface area contributed by atoms with Crippen LogP contribution in [-0.4, -0.2) is 21.3 Å². The molecule has 2 aromatic heterocycles. The van der Waals surface area contributed by atoms with E-state index in [1.54, 1.807) is 11.3 Å². The molecule has 1 unspecified atom stereocenters.